The molecule has 0 fully saturated rings. The Balaban J connectivity index is 1.54. The molecule has 2 nitrogen and oxygen atoms in total. The number of nitrogens with zero attached hydrogens (tertiary/aromatic N) is 2. The zero-order valence-electron chi connectivity index (χ0n) is 22.9. The van der Waals surface area contributed by atoms with Gasteiger partial charge in [-0.3, -0.25) is 0 Å². The topological polar surface area (TPSA) is 16.1 Å². The van der Waals surface area contributed by atoms with Crippen LogP contribution in [0.5, 0.6) is 0 Å². The average Bonchev–Trinajstić information content (AvgIpc) is 3.00. The molecule has 0 spiro atoms. The fraction of sp³-hybridized carbons (Fsp3) is 0.0833. The summed E-state index contributed by atoms with van der Waals surface area (Å²) in [5.41, 5.74) is 8.62. The highest BCUT2D eigenvalue weighted by Gasteiger charge is 2.30. The highest BCUT2D eigenvalue weighted by Crippen LogP contribution is 2.53. The Hall–Kier alpha value is -4.55. The van der Waals surface area contributed by atoms with E-state index in [9.17, 15) is 13.2 Å². The van der Waals surface area contributed by atoms with Crippen LogP contribution in [-0.4, -0.2) is 4.98 Å². The lowest BCUT2D eigenvalue weighted by molar-refractivity contribution is -0.137. The fourth-order valence-corrected chi connectivity index (χ4v) is 6.64. The summed E-state index contributed by atoms with van der Waals surface area (Å²) in [6.07, 6.45) is -4.40. The van der Waals surface area contributed by atoms with Crippen molar-refractivity contribution in [2.45, 2.75) is 29.8 Å². The Morgan fingerprint density at radius 1 is 0.643 bits per heavy atom. The van der Waals surface area contributed by atoms with Gasteiger partial charge in [-0.25, -0.2) is 4.98 Å². The Morgan fingerprint density at radius 3 is 1.86 bits per heavy atom. The lowest BCUT2D eigenvalue weighted by atomic mass is 9.94. The number of halogens is 3. The summed E-state index contributed by atoms with van der Waals surface area (Å²) in [5, 5.41) is 1.01. The Bertz CT molecular complexity index is 1920. The number of benzene rings is 5. The molecule has 0 bridgehead atoms. The van der Waals surface area contributed by atoms with Crippen molar-refractivity contribution < 1.29 is 13.2 Å². The van der Waals surface area contributed by atoms with Crippen molar-refractivity contribution >= 4 is 39.7 Å². The smallest absolute Gasteiger partial charge is 0.306 e. The van der Waals surface area contributed by atoms with Crippen molar-refractivity contribution in [3.63, 3.8) is 0 Å². The molecule has 42 heavy (non-hydrogen) atoms. The van der Waals surface area contributed by atoms with Gasteiger partial charge >= 0.3 is 6.18 Å². The van der Waals surface area contributed by atoms with E-state index in [1.807, 2.05) is 30.3 Å². The summed E-state index contributed by atoms with van der Waals surface area (Å²) in [7, 11) is 0. The number of para-hydroxylation sites is 2. The summed E-state index contributed by atoms with van der Waals surface area (Å²) < 4.78 is 40.1. The SMILES string of the molecule is Cc1ccc(-c2cc(-c3ccc(C(F)(F)F)cc3)nc3c(N4c5ccccc5Sc5ccccc54)ccc(C)c23)cc1. The van der Waals surface area contributed by atoms with Crippen LogP contribution >= 0.6 is 11.8 Å². The fourth-order valence-electron chi connectivity index (χ4n) is 5.58. The molecule has 6 heteroatoms. The van der Waals surface area contributed by atoms with Crippen LogP contribution in [-0.2, 0) is 6.18 Å². The number of pyridine rings is 1. The van der Waals surface area contributed by atoms with Gasteiger partial charge in [-0.1, -0.05) is 84.1 Å². The molecule has 0 atom stereocenters. The van der Waals surface area contributed by atoms with Gasteiger partial charge in [-0.15, -0.1) is 0 Å². The van der Waals surface area contributed by atoms with Crippen LogP contribution in [0.25, 0.3) is 33.3 Å². The van der Waals surface area contributed by atoms with E-state index in [2.05, 4.69) is 79.4 Å². The average molecular weight is 575 g/mol. The van der Waals surface area contributed by atoms with Gasteiger partial charge in [-0.05, 0) is 79.1 Å². The highest BCUT2D eigenvalue weighted by molar-refractivity contribution is 7.99. The van der Waals surface area contributed by atoms with Gasteiger partial charge in [0.1, 0.15) is 0 Å². The Kier molecular flexibility index (Phi) is 6.32. The standard InChI is InChI=1S/C36H25F3N2S/c1-22-11-14-24(15-12-22)27-21-28(25-16-18-26(19-17-25)36(37,38)39)40-35-31(20-13-23(2)34(27)35)41-29-7-3-5-9-32(29)42-33-10-6-4-8-30(33)41/h3-21H,1-2H3. The van der Waals surface area contributed by atoms with Gasteiger partial charge in [0.25, 0.3) is 0 Å². The minimum atomic E-state index is -4.40. The van der Waals surface area contributed by atoms with E-state index in [-0.39, 0.29) is 0 Å². The van der Waals surface area contributed by atoms with Crippen LogP contribution in [0, 0.1) is 13.8 Å². The summed E-state index contributed by atoms with van der Waals surface area (Å²) in [5.74, 6) is 0. The third kappa shape index (κ3) is 4.52. The maximum Gasteiger partial charge on any atom is 0.416 e. The van der Waals surface area contributed by atoms with E-state index >= 15 is 0 Å². The second-order valence-corrected chi connectivity index (χ2v) is 11.6. The predicted molar refractivity (Wildman–Crippen MR) is 166 cm³/mol. The first-order valence-corrected chi connectivity index (χ1v) is 14.4. The molecule has 0 amide bonds. The number of hydrogen-bond acceptors (Lipinski definition) is 3. The molecule has 0 aliphatic carbocycles. The molecule has 0 saturated carbocycles. The van der Waals surface area contributed by atoms with Gasteiger partial charge in [-0.2, -0.15) is 13.2 Å². The number of anilines is 3. The molecule has 7 rings (SSSR count). The van der Waals surface area contributed by atoms with Gasteiger partial charge in [0, 0.05) is 20.7 Å². The third-order valence-electron chi connectivity index (χ3n) is 7.69. The minimum absolute atomic E-state index is 0.617. The third-order valence-corrected chi connectivity index (χ3v) is 8.82. The van der Waals surface area contributed by atoms with Gasteiger partial charge < -0.3 is 4.90 Å². The van der Waals surface area contributed by atoms with Gasteiger partial charge in [0.15, 0.2) is 0 Å². The maximum absolute atomic E-state index is 13.4. The van der Waals surface area contributed by atoms with Crippen LogP contribution in [0.2, 0.25) is 0 Å². The largest absolute Gasteiger partial charge is 0.416 e. The van der Waals surface area contributed by atoms with Crippen molar-refractivity contribution in [1.82, 2.24) is 4.98 Å². The number of hydrogen-bond donors (Lipinski definition) is 0. The quantitative estimate of drug-likeness (QED) is 0.209. The maximum atomic E-state index is 13.4. The van der Waals surface area contributed by atoms with Gasteiger partial charge in [0.2, 0.25) is 0 Å². The van der Waals surface area contributed by atoms with Crippen LogP contribution in [0.4, 0.5) is 30.2 Å². The lowest BCUT2D eigenvalue weighted by Gasteiger charge is -2.33. The molecule has 0 radical (unpaired) electrons. The summed E-state index contributed by atoms with van der Waals surface area (Å²) in [6, 6.07) is 36.5. The van der Waals surface area contributed by atoms with Crippen molar-refractivity contribution in [3.8, 4) is 22.4 Å². The zero-order chi connectivity index (χ0) is 29.0. The number of aryl methyl sites for hydroxylation is 2. The van der Waals surface area contributed by atoms with Gasteiger partial charge in [0.05, 0.1) is 33.8 Å². The molecule has 2 heterocycles. The Morgan fingerprint density at radius 2 is 1.24 bits per heavy atom. The van der Waals surface area contributed by atoms with Crippen LogP contribution < -0.4 is 4.90 Å². The summed E-state index contributed by atoms with van der Waals surface area (Å²) in [4.78, 5) is 9.73. The first-order valence-electron chi connectivity index (χ1n) is 13.6. The Labute approximate surface area is 246 Å². The lowest BCUT2D eigenvalue weighted by Crippen LogP contribution is -2.15. The van der Waals surface area contributed by atoms with E-state index < -0.39 is 11.7 Å². The molecule has 6 aromatic rings. The minimum Gasteiger partial charge on any atom is -0.306 e. The predicted octanol–water partition coefficient (Wildman–Crippen LogP) is 11.1. The van der Waals surface area contributed by atoms with Crippen LogP contribution in [0.1, 0.15) is 16.7 Å². The number of rotatable bonds is 3. The van der Waals surface area contributed by atoms with E-state index in [4.69, 9.17) is 4.98 Å². The van der Waals surface area contributed by atoms with Crippen LogP contribution in [0.3, 0.4) is 0 Å². The zero-order valence-corrected chi connectivity index (χ0v) is 23.7. The molecule has 5 aromatic carbocycles. The molecule has 206 valence electrons. The normalized spacial score (nSPS) is 12.7. The second-order valence-electron chi connectivity index (χ2n) is 10.5. The van der Waals surface area contributed by atoms with E-state index in [1.165, 1.54) is 12.1 Å². The molecule has 0 unspecified atom stereocenters. The van der Waals surface area contributed by atoms with Crippen molar-refractivity contribution in [2.75, 3.05) is 4.90 Å². The molecular weight excluding hydrogens is 549 g/mol. The van der Waals surface area contributed by atoms with Crippen molar-refractivity contribution in [2.24, 2.45) is 0 Å². The van der Waals surface area contributed by atoms with E-state index in [0.29, 0.717) is 11.3 Å². The van der Waals surface area contributed by atoms with Crippen molar-refractivity contribution in [1.29, 1.82) is 0 Å². The van der Waals surface area contributed by atoms with E-state index in [0.717, 1.165) is 72.1 Å². The highest BCUT2D eigenvalue weighted by atomic mass is 32.2. The monoisotopic (exact) mass is 574 g/mol. The number of fused-ring (bicyclic) bond motifs is 3. The molecular formula is C36H25F3N2S. The molecule has 0 N–H and O–H groups in total. The van der Waals surface area contributed by atoms with E-state index in [1.54, 1.807) is 11.8 Å². The van der Waals surface area contributed by atoms with Crippen LogP contribution in [0.15, 0.2) is 125 Å². The molecule has 1 aromatic heterocycles. The number of alkyl halides is 3. The summed E-state index contributed by atoms with van der Waals surface area (Å²) >= 11 is 1.74. The first kappa shape index (κ1) is 26.4. The van der Waals surface area contributed by atoms with Crippen molar-refractivity contribution in [3.05, 3.63) is 132 Å². The molecule has 1 aliphatic heterocycles. The number of aromatic nitrogens is 1. The summed E-state index contributed by atoms with van der Waals surface area (Å²) in [6.45, 7) is 4.13. The first-order chi connectivity index (χ1) is 20.3. The molecule has 1 aliphatic rings. The second kappa shape index (κ2) is 10.1. The molecule has 0 saturated heterocycles.